The maximum absolute atomic E-state index is 12.1. The van der Waals surface area contributed by atoms with Crippen molar-refractivity contribution in [3.63, 3.8) is 0 Å². The van der Waals surface area contributed by atoms with E-state index in [-0.39, 0.29) is 5.41 Å². The molecule has 0 saturated heterocycles. The molecule has 0 aromatic heterocycles. The van der Waals surface area contributed by atoms with Crippen molar-refractivity contribution >= 4 is 9.84 Å². The van der Waals surface area contributed by atoms with Gasteiger partial charge in [0.2, 0.25) is 0 Å². The third-order valence-electron chi connectivity index (χ3n) is 3.73. The number of rotatable bonds is 4. The van der Waals surface area contributed by atoms with E-state index in [4.69, 9.17) is 4.74 Å². The molecule has 0 amide bonds. The molecule has 0 atom stereocenters. The van der Waals surface area contributed by atoms with E-state index in [2.05, 4.69) is 20.8 Å². The van der Waals surface area contributed by atoms with Crippen LogP contribution in [0.2, 0.25) is 0 Å². The van der Waals surface area contributed by atoms with Gasteiger partial charge in [-0.3, -0.25) is 0 Å². The van der Waals surface area contributed by atoms with Crippen molar-refractivity contribution in [3.8, 4) is 11.5 Å². The van der Waals surface area contributed by atoms with Gasteiger partial charge in [0, 0.05) is 0 Å². The molecule has 2 aromatic rings. The lowest BCUT2D eigenvalue weighted by Crippen LogP contribution is -2.13. The van der Waals surface area contributed by atoms with Crippen LogP contribution in [0.3, 0.4) is 0 Å². The molecule has 23 heavy (non-hydrogen) atoms. The average Bonchev–Trinajstić information content (AvgIpc) is 2.47. The van der Waals surface area contributed by atoms with Gasteiger partial charge in [-0.2, -0.15) is 0 Å². The van der Waals surface area contributed by atoms with Gasteiger partial charge >= 0.3 is 0 Å². The molecule has 0 spiro atoms. The fourth-order valence-corrected chi connectivity index (χ4v) is 3.19. The van der Waals surface area contributed by atoms with Crippen molar-refractivity contribution in [1.29, 1.82) is 0 Å². The molecule has 0 saturated carbocycles. The minimum Gasteiger partial charge on any atom is -0.457 e. The molecule has 0 N–H and O–H groups in total. The molecule has 0 aliphatic heterocycles. The predicted molar refractivity (Wildman–Crippen MR) is 94.0 cm³/mol. The summed E-state index contributed by atoms with van der Waals surface area (Å²) in [5.74, 6) is 1.36. The van der Waals surface area contributed by atoms with Gasteiger partial charge in [-0.15, -0.1) is 0 Å². The first-order valence-corrected chi connectivity index (χ1v) is 9.28. The Morgan fingerprint density at radius 2 is 1.26 bits per heavy atom. The largest absolute Gasteiger partial charge is 0.457 e. The van der Waals surface area contributed by atoms with Gasteiger partial charge in [0.15, 0.2) is 9.84 Å². The molecule has 0 aliphatic carbocycles. The number of hydrogen-bond acceptors (Lipinski definition) is 3. The Hall–Kier alpha value is -1.81. The topological polar surface area (TPSA) is 43.4 Å². The van der Waals surface area contributed by atoms with Crippen molar-refractivity contribution in [2.45, 2.75) is 50.2 Å². The number of sulfone groups is 1. The zero-order valence-corrected chi connectivity index (χ0v) is 15.1. The van der Waals surface area contributed by atoms with Crippen molar-refractivity contribution in [1.82, 2.24) is 0 Å². The van der Waals surface area contributed by atoms with Crippen molar-refractivity contribution in [2.75, 3.05) is 0 Å². The highest BCUT2D eigenvalue weighted by atomic mass is 32.2. The molecule has 0 fully saturated rings. The van der Waals surface area contributed by atoms with Crippen LogP contribution in [-0.2, 0) is 15.3 Å². The molecule has 0 aliphatic rings. The highest BCUT2D eigenvalue weighted by Gasteiger charge is 2.19. The van der Waals surface area contributed by atoms with Crippen molar-refractivity contribution in [3.05, 3.63) is 54.1 Å². The third-order valence-corrected chi connectivity index (χ3v) is 5.90. The summed E-state index contributed by atoms with van der Waals surface area (Å²) < 4.78 is 30.0. The van der Waals surface area contributed by atoms with Crippen LogP contribution in [0.15, 0.2) is 53.4 Å². The molecule has 3 nitrogen and oxygen atoms in total. The van der Waals surface area contributed by atoms with E-state index < -0.39 is 15.1 Å². The first-order chi connectivity index (χ1) is 10.6. The molecule has 4 heteroatoms. The van der Waals surface area contributed by atoms with E-state index in [0.717, 1.165) is 5.75 Å². The van der Waals surface area contributed by atoms with Crippen LogP contribution in [0, 0.1) is 0 Å². The number of ether oxygens (including phenoxy) is 1. The van der Waals surface area contributed by atoms with Crippen LogP contribution in [0.5, 0.6) is 11.5 Å². The van der Waals surface area contributed by atoms with Gasteiger partial charge < -0.3 is 4.74 Å². The van der Waals surface area contributed by atoms with Gasteiger partial charge in [0.05, 0.1) is 10.1 Å². The molecule has 124 valence electrons. The van der Waals surface area contributed by atoms with Crippen LogP contribution in [0.25, 0.3) is 0 Å². The Kier molecular flexibility index (Phi) is 4.85. The van der Waals surface area contributed by atoms with Crippen LogP contribution < -0.4 is 4.74 Å². The predicted octanol–water partition coefficient (Wildman–Crippen LogP) is 4.96. The Bertz CT molecular complexity index is 750. The normalized spacial score (nSPS) is 12.4. The summed E-state index contributed by atoms with van der Waals surface area (Å²) in [6, 6.07) is 14.5. The highest BCUT2D eigenvalue weighted by Crippen LogP contribution is 2.28. The van der Waals surface area contributed by atoms with E-state index in [1.165, 1.54) is 5.56 Å². The molecule has 0 radical (unpaired) electrons. The lowest BCUT2D eigenvalue weighted by atomic mass is 9.87. The summed E-state index contributed by atoms with van der Waals surface area (Å²) in [6.07, 6.45) is 0. The van der Waals surface area contributed by atoms with E-state index in [1.54, 1.807) is 38.1 Å². The van der Waals surface area contributed by atoms with Gasteiger partial charge in [-0.05, 0) is 61.2 Å². The van der Waals surface area contributed by atoms with Crippen LogP contribution >= 0.6 is 0 Å². The summed E-state index contributed by atoms with van der Waals surface area (Å²) in [6.45, 7) is 9.84. The molecular weight excluding hydrogens is 308 g/mol. The minimum atomic E-state index is -3.24. The molecule has 2 aromatic carbocycles. The summed E-state index contributed by atoms with van der Waals surface area (Å²) in [4.78, 5) is 0.322. The summed E-state index contributed by atoms with van der Waals surface area (Å²) >= 11 is 0. The van der Waals surface area contributed by atoms with Gasteiger partial charge in [-0.25, -0.2) is 8.42 Å². The standard InChI is InChI=1S/C19H24O3S/c1-14(2)23(20,21)18-12-10-17(11-13-18)22-16-8-6-15(7-9-16)19(3,4)5/h6-14H,1-5H3. The summed E-state index contributed by atoms with van der Waals surface area (Å²) in [5, 5.41) is -0.431. The van der Waals surface area contributed by atoms with E-state index >= 15 is 0 Å². The van der Waals surface area contributed by atoms with Gasteiger partial charge in [-0.1, -0.05) is 32.9 Å². The molecule has 2 rings (SSSR count). The Balaban J connectivity index is 2.16. The fraction of sp³-hybridized carbons (Fsp3) is 0.368. The second-order valence-electron chi connectivity index (χ2n) is 6.94. The Labute approximate surface area is 139 Å². The quantitative estimate of drug-likeness (QED) is 0.795. The average molecular weight is 332 g/mol. The fourth-order valence-electron chi connectivity index (χ4n) is 2.13. The second-order valence-corrected chi connectivity index (χ2v) is 9.45. The zero-order chi connectivity index (χ0) is 17.3. The first kappa shape index (κ1) is 17.5. The van der Waals surface area contributed by atoms with Crippen LogP contribution in [0.4, 0.5) is 0 Å². The number of benzene rings is 2. The van der Waals surface area contributed by atoms with E-state index in [0.29, 0.717) is 10.6 Å². The monoisotopic (exact) mass is 332 g/mol. The van der Waals surface area contributed by atoms with Crippen molar-refractivity contribution < 1.29 is 13.2 Å². The van der Waals surface area contributed by atoms with Crippen molar-refractivity contribution in [2.24, 2.45) is 0 Å². The summed E-state index contributed by atoms with van der Waals surface area (Å²) in [5.41, 5.74) is 1.34. The molecular formula is C19H24O3S. The second kappa shape index (κ2) is 6.36. The maximum atomic E-state index is 12.1. The minimum absolute atomic E-state index is 0.103. The van der Waals surface area contributed by atoms with Gasteiger partial charge in [0.25, 0.3) is 0 Å². The van der Waals surface area contributed by atoms with Gasteiger partial charge in [0.1, 0.15) is 11.5 Å². The Morgan fingerprint density at radius 3 is 1.65 bits per heavy atom. The lowest BCUT2D eigenvalue weighted by Gasteiger charge is -2.19. The van der Waals surface area contributed by atoms with Crippen LogP contribution in [0.1, 0.15) is 40.2 Å². The Morgan fingerprint density at radius 1 is 0.826 bits per heavy atom. The summed E-state index contributed by atoms with van der Waals surface area (Å²) in [7, 11) is -3.24. The van der Waals surface area contributed by atoms with E-state index in [9.17, 15) is 8.42 Å². The highest BCUT2D eigenvalue weighted by molar-refractivity contribution is 7.92. The first-order valence-electron chi connectivity index (χ1n) is 7.73. The smallest absolute Gasteiger partial charge is 0.180 e. The molecule has 0 bridgehead atoms. The SMILES string of the molecule is CC(C)S(=O)(=O)c1ccc(Oc2ccc(C(C)(C)C)cc2)cc1. The zero-order valence-electron chi connectivity index (χ0n) is 14.3. The van der Waals surface area contributed by atoms with Crippen LogP contribution in [-0.4, -0.2) is 13.7 Å². The molecule has 0 unspecified atom stereocenters. The van der Waals surface area contributed by atoms with E-state index in [1.807, 2.05) is 24.3 Å². The maximum Gasteiger partial charge on any atom is 0.180 e. The third kappa shape index (κ3) is 4.14. The molecule has 0 heterocycles. The lowest BCUT2D eigenvalue weighted by molar-refractivity contribution is 0.481. The number of hydrogen-bond donors (Lipinski definition) is 0.